The summed E-state index contributed by atoms with van der Waals surface area (Å²) in [6.07, 6.45) is 2.24. The highest BCUT2D eigenvalue weighted by Gasteiger charge is 2.10. The van der Waals surface area contributed by atoms with Crippen molar-refractivity contribution in [1.29, 1.82) is 0 Å². The number of amides is 1. The van der Waals surface area contributed by atoms with Crippen LogP contribution >= 0.6 is 0 Å². The van der Waals surface area contributed by atoms with Crippen LogP contribution in [0.5, 0.6) is 0 Å². The molecule has 0 aliphatic rings. The number of aromatic amines is 1. The van der Waals surface area contributed by atoms with Crippen LogP contribution in [0.1, 0.15) is 29.5 Å². The summed E-state index contributed by atoms with van der Waals surface area (Å²) < 4.78 is 5.65. The number of hydrogen-bond acceptors (Lipinski definition) is 5. The van der Waals surface area contributed by atoms with Crippen molar-refractivity contribution in [3.05, 3.63) is 89.8 Å². The second-order valence-electron chi connectivity index (χ2n) is 7.00. The molecule has 4 rings (SSSR count). The molecule has 7 nitrogen and oxygen atoms in total. The smallest absolute Gasteiger partial charge is 0.220 e. The Balaban J connectivity index is 1.20. The summed E-state index contributed by atoms with van der Waals surface area (Å²) in [7, 11) is 0. The zero-order valence-corrected chi connectivity index (χ0v) is 16.5. The van der Waals surface area contributed by atoms with E-state index in [1.165, 1.54) is 5.56 Å². The first kappa shape index (κ1) is 19.6. The standard InChI is InChI=1S/C23H23N5O2/c29-21(24-16-19-15-20(26-25-19)18-9-5-2-6-10-18)12-14-23-28-27-22(30-23)13-11-17-7-3-1-4-8-17/h1-10,15H,11-14,16H2,(H,24,29)(H,25,26). The lowest BCUT2D eigenvalue weighted by Gasteiger charge is -2.01. The van der Waals surface area contributed by atoms with E-state index in [0.717, 1.165) is 23.4 Å². The van der Waals surface area contributed by atoms with Gasteiger partial charge in [-0.3, -0.25) is 9.89 Å². The van der Waals surface area contributed by atoms with Crippen molar-refractivity contribution in [1.82, 2.24) is 25.7 Å². The van der Waals surface area contributed by atoms with Crippen LogP contribution in [0.25, 0.3) is 11.3 Å². The van der Waals surface area contributed by atoms with Crippen LogP contribution in [-0.4, -0.2) is 26.3 Å². The van der Waals surface area contributed by atoms with Gasteiger partial charge in [0.25, 0.3) is 0 Å². The molecule has 2 N–H and O–H groups in total. The third-order valence-electron chi connectivity index (χ3n) is 4.72. The van der Waals surface area contributed by atoms with Gasteiger partial charge in [0, 0.05) is 24.8 Å². The molecular formula is C23H23N5O2. The van der Waals surface area contributed by atoms with Crippen LogP contribution in [0.15, 0.2) is 71.1 Å². The van der Waals surface area contributed by atoms with Crippen molar-refractivity contribution in [2.75, 3.05) is 0 Å². The second-order valence-corrected chi connectivity index (χ2v) is 7.00. The van der Waals surface area contributed by atoms with Gasteiger partial charge < -0.3 is 9.73 Å². The van der Waals surface area contributed by atoms with Crippen LogP contribution in [0.3, 0.4) is 0 Å². The second kappa shape index (κ2) is 9.65. The predicted molar refractivity (Wildman–Crippen MR) is 112 cm³/mol. The number of carbonyl (C=O) groups excluding carboxylic acids is 1. The van der Waals surface area contributed by atoms with Crippen molar-refractivity contribution < 1.29 is 9.21 Å². The van der Waals surface area contributed by atoms with E-state index in [2.05, 4.69) is 37.8 Å². The highest BCUT2D eigenvalue weighted by molar-refractivity contribution is 5.76. The maximum atomic E-state index is 12.1. The fraction of sp³-hybridized carbons (Fsp3) is 0.217. The van der Waals surface area contributed by atoms with Gasteiger partial charge in [-0.25, -0.2) is 0 Å². The van der Waals surface area contributed by atoms with Gasteiger partial charge in [-0.1, -0.05) is 60.7 Å². The number of carbonyl (C=O) groups is 1. The van der Waals surface area contributed by atoms with Gasteiger partial charge in [0.15, 0.2) is 0 Å². The maximum absolute atomic E-state index is 12.1. The molecule has 7 heteroatoms. The largest absolute Gasteiger partial charge is 0.425 e. The molecule has 152 valence electrons. The molecule has 2 heterocycles. The molecule has 0 aliphatic heterocycles. The first-order valence-electron chi connectivity index (χ1n) is 9.98. The zero-order chi connectivity index (χ0) is 20.6. The summed E-state index contributed by atoms with van der Waals surface area (Å²) in [4.78, 5) is 12.1. The number of nitrogens with zero attached hydrogens (tertiary/aromatic N) is 3. The van der Waals surface area contributed by atoms with E-state index in [1.54, 1.807) is 0 Å². The van der Waals surface area contributed by atoms with E-state index in [9.17, 15) is 4.79 Å². The zero-order valence-electron chi connectivity index (χ0n) is 16.5. The molecule has 2 aromatic heterocycles. The molecular weight excluding hydrogens is 378 g/mol. The predicted octanol–water partition coefficient (Wildman–Crippen LogP) is 3.49. The minimum atomic E-state index is -0.0742. The fourth-order valence-electron chi connectivity index (χ4n) is 3.10. The van der Waals surface area contributed by atoms with Gasteiger partial charge in [-0.15, -0.1) is 10.2 Å². The molecule has 0 saturated heterocycles. The van der Waals surface area contributed by atoms with E-state index in [0.29, 0.717) is 37.6 Å². The summed E-state index contributed by atoms with van der Waals surface area (Å²) in [5.74, 6) is 1.01. The average molecular weight is 401 g/mol. The van der Waals surface area contributed by atoms with Gasteiger partial charge in [0.1, 0.15) is 0 Å². The summed E-state index contributed by atoms with van der Waals surface area (Å²) in [5.41, 5.74) is 3.97. The van der Waals surface area contributed by atoms with Crippen LogP contribution in [0.4, 0.5) is 0 Å². The Morgan fingerprint density at radius 3 is 2.37 bits per heavy atom. The third kappa shape index (κ3) is 5.41. The van der Waals surface area contributed by atoms with Gasteiger partial charge in [-0.05, 0) is 18.1 Å². The van der Waals surface area contributed by atoms with Gasteiger partial charge in [-0.2, -0.15) is 5.10 Å². The number of rotatable bonds is 9. The number of benzene rings is 2. The van der Waals surface area contributed by atoms with Crippen molar-refractivity contribution in [2.24, 2.45) is 0 Å². The molecule has 0 bridgehead atoms. The average Bonchev–Trinajstić information content (AvgIpc) is 3.46. The summed E-state index contributed by atoms with van der Waals surface area (Å²) >= 11 is 0. The summed E-state index contributed by atoms with van der Waals surface area (Å²) in [5, 5.41) is 18.3. The van der Waals surface area contributed by atoms with Crippen molar-refractivity contribution in [3.63, 3.8) is 0 Å². The topological polar surface area (TPSA) is 96.7 Å². The summed E-state index contributed by atoms with van der Waals surface area (Å²) in [6, 6.07) is 22.0. The van der Waals surface area contributed by atoms with Crippen LogP contribution in [0.2, 0.25) is 0 Å². The number of H-pyrrole nitrogens is 1. The SMILES string of the molecule is O=C(CCc1nnc(CCc2ccccc2)o1)NCc1cc(-c2ccccc2)n[nH]1. The number of nitrogens with one attached hydrogen (secondary N) is 2. The Hall–Kier alpha value is -3.74. The molecule has 0 unspecified atom stereocenters. The fourth-order valence-corrected chi connectivity index (χ4v) is 3.10. The van der Waals surface area contributed by atoms with E-state index in [4.69, 9.17) is 4.42 Å². The molecule has 0 saturated carbocycles. The maximum Gasteiger partial charge on any atom is 0.220 e. The third-order valence-corrected chi connectivity index (χ3v) is 4.72. The molecule has 0 atom stereocenters. The lowest BCUT2D eigenvalue weighted by molar-refractivity contribution is -0.121. The van der Waals surface area contributed by atoms with Gasteiger partial charge in [0.05, 0.1) is 17.9 Å². The number of hydrogen-bond donors (Lipinski definition) is 2. The van der Waals surface area contributed by atoms with Crippen LogP contribution < -0.4 is 5.32 Å². The van der Waals surface area contributed by atoms with E-state index < -0.39 is 0 Å². The molecule has 0 aliphatic carbocycles. The highest BCUT2D eigenvalue weighted by atomic mass is 16.4. The van der Waals surface area contributed by atoms with Crippen molar-refractivity contribution >= 4 is 5.91 Å². The van der Waals surface area contributed by atoms with Gasteiger partial charge >= 0.3 is 0 Å². The lowest BCUT2D eigenvalue weighted by atomic mass is 10.1. The minimum absolute atomic E-state index is 0.0742. The van der Waals surface area contributed by atoms with Gasteiger partial charge in [0.2, 0.25) is 17.7 Å². The summed E-state index contributed by atoms with van der Waals surface area (Å²) in [6.45, 7) is 0.394. The van der Waals surface area contributed by atoms with Crippen LogP contribution in [0, 0.1) is 0 Å². The number of aryl methyl sites for hydroxylation is 3. The Bertz CT molecular complexity index is 1070. The first-order valence-corrected chi connectivity index (χ1v) is 9.98. The monoisotopic (exact) mass is 401 g/mol. The Morgan fingerprint density at radius 1 is 0.900 bits per heavy atom. The lowest BCUT2D eigenvalue weighted by Crippen LogP contribution is -2.23. The highest BCUT2D eigenvalue weighted by Crippen LogP contribution is 2.16. The Labute approximate surface area is 174 Å². The van der Waals surface area contributed by atoms with E-state index in [-0.39, 0.29) is 5.91 Å². The molecule has 1 amide bonds. The minimum Gasteiger partial charge on any atom is -0.425 e. The van der Waals surface area contributed by atoms with Crippen molar-refractivity contribution in [3.8, 4) is 11.3 Å². The molecule has 30 heavy (non-hydrogen) atoms. The van der Waals surface area contributed by atoms with E-state index in [1.807, 2.05) is 54.6 Å². The van der Waals surface area contributed by atoms with E-state index >= 15 is 0 Å². The van der Waals surface area contributed by atoms with Crippen molar-refractivity contribution in [2.45, 2.75) is 32.2 Å². The first-order chi connectivity index (χ1) is 14.8. The molecule has 2 aromatic carbocycles. The normalized spacial score (nSPS) is 10.8. The molecule has 0 fully saturated rings. The molecule has 4 aromatic rings. The Morgan fingerprint density at radius 2 is 1.60 bits per heavy atom. The molecule has 0 radical (unpaired) electrons. The molecule has 0 spiro atoms. The number of aromatic nitrogens is 4. The Kier molecular flexibility index (Phi) is 6.29. The quantitative estimate of drug-likeness (QED) is 0.447. The van der Waals surface area contributed by atoms with Crippen LogP contribution in [-0.2, 0) is 30.6 Å².